The molecule has 0 radical (unpaired) electrons. The van der Waals surface area contributed by atoms with E-state index in [1.165, 1.54) is 31.2 Å². The van der Waals surface area contributed by atoms with Gasteiger partial charge in [0, 0.05) is 30.8 Å². The van der Waals surface area contributed by atoms with Crippen LogP contribution in [0.4, 0.5) is 13.2 Å². The summed E-state index contributed by atoms with van der Waals surface area (Å²) in [6.07, 6.45) is -6.15. The number of hydrogen-bond donors (Lipinski definition) is 0. The number of cyclic esters (lactones) is 1. The van der Waals surface area contributed by atoms with E-state index in [-0.39, 0.29) is 23.1 Å². The molecule has 2 rings (SSSR count). The molecule has 0 saturated heterocycles. The van der Waals surface area contributed by atoms with Crippen molar-refractivity contribution < 1.29 is 41.4 Å². The molecule has 0 spiro atoms. The number of carbonyl (C=O) groups excluding carboxylic acids is 2. The number of hydrogen-bond acceptors (Lipinski definition) is 6. The van der Waals surface area contributed by atoms with Gasteiger partial charge in [-0.2, -0.15) is 13.2 Å². The predicted octanol–water partition coefficient (Wildman–Crippen LogP) is 5.67. The highest BCUT2D eigenvalue weighted by atomic mass is 28.4. The highest BCUT2D eigenvalue weighted by Gasteiger charge is 2.64. The molecule has 0 unspecified atom stereocenters. The fourth-order valence-electron chi connectivity index (χ4n) is 3.62. The molecule has 196 valence electrons. The molecule has 6 nitrogen and oxygen atoms in total. The molecular weight excluding hydrogens is 481 g/mol. The van der Waals surface area contributed by atoms with E-state index in [0.717, 1.165) is 19.2 Å². The summed E-state index contributed by atoms with van der Waals surface area (Å²) in [6, 6.07) is 6.55. The zero-order valence-corrected chi connectivity index (χ0v) is 22.5. The molecule has 0 amide bonds. The van der Waals surface area contributed by atoms with Crippen LogP contribution in [0.2, 0.25) is 18.1 Å². The van der Waals surface area contributed by atoms with E-state index in [1.807, 2.05) is 6.92 Å². The van der Waals surface area contributed by atoms with Crippen LogP contribution in [0.5, 0.6) is 0 Å². The summed E-state index contributed by atoms with van der Waals surface area (Å²) in [4.78, 5) is 25.5. The maximum Gasteiger partial charge on any atom is 0.432 e. The second kappa shape index (κ2) is 10.4. The summed E-state index contributed by atoms with van der Waals surface area (Å²) in [5.41, 5.74) is -3.56. The molecule has 0 fully saturated rings. The van der Waals surface area contributed by atoms with E-state index < -0.39 is 49.8 Å². The van der Waals surface area contributed by atoms with Crippen molar-refractivity contribution in [3.63, 3.8) is 0 Å². The van der Waals surface area contributed by atoms with Gasteiger partial charge in [-0.15, -0.1) is 0 Å². The third kappa shape index (κ3) is 6.15. The summed E-state index contributed by atoms with van der Waals surface area (Å²) >= 11 is 0. The van der Waals surface area contributed by atoms with Gasteiger partial charge in [-0.1, -0.05) is 51.1 Å². The van der Waals surface area contributed by atoms with Crippen molar-refractivity contribution in [1.29, 1.82) is 0 Å². The molecule has 1 aromatic carbocycles. The molecule has 0 N–H and O–H groups in total. The minimum atomic E-state index is -5.10. The number of benzene rings is 1. The first-order valence-corrected chi connectivity index (χ1v) is 14.3. The van der Waals surface area contributed by atoms with E-state index in [9.17, 15) is 22.8 Å². The Bertz CT molecular complexity index is 939. The first-order valence-electron chi connectivity index (χ1n) is 11.4. The smallest absolute Gasteiger partial charge is 0.432 e. The van der Waals surface area contributed by atoms with Crippen LogP contribution in [0.1, 0.15) is 46.6 Å². The Labute approximate surface area is 205 Å². The lowest BCUT2D eigenvalue weighted by molar-refractivity contribution is -0.278. The second-order valence-corrected chi connectivity index (χ2v) is 15.1. The van der Waals surface area contributed by atoms with Gasteiger partial charge in [0.15, 0.2) is 14.4 Å². The van der Waals surface area contributed by atoms with Crippen LogP contribution in [-0.2, 0) is 33.8 Å². The quantitative estimate of drug-likeness (QED) is 0.327. The molecule has 10 heteroatoms. The van der Waals surface area contributed by atoms with Gasteiger partial charge < -0.3 is 18.6 Å². The molecule has 1 heterocycles. The summed E-state index contributed by atoms with van der Waals surface area (Å²) in [6.45, 7) is 13.7. The molecular formula is C25H35F3O6Si. The van der Waals surface area contributed by atoms with Gasteiger partial charge in [0.25, 0.3) is 5.60 Å². The molecule has 1 aromatic rings. The number of methoxy groups -OCH3 is 1. The first-order chi connectivity index (χ1) is 16.0. The Balaban J connectivity index is 2.32. The summed E-state index contributed by atoms with van der Waals surface area (Å²) in [5.74, 6) is -2.26. The Kier molecular flexibility index (Phi) is 8.67. The van der Waals surface area contributed by atoms with Crippen LogP contribution in [0, 0.1) is 0 Å². The minimum Gasteiger partial charge on any atom is -0.455 e. The Morgan fingerprint density at radius 1 is 1.14 bits per heavy atom. The lowest BCUT2D eigenvalue weighted by atomic mass is 9.92. The number of rotatable bonds is 8. The molecule has 0 saturated carbocycles. The number of alkyl halides is 3. The van der Waals surface area contributed by atoms with Gasteiger partial charge in [-0.05, 0) is 38.1 Å². The normalized spacial score (nSPS) is 22.0. The van der Waals surface area contributed by atoms with Crippen molar-refractivity contribution in [2.75, 3.05) is 7.11 Å². The second-order valence-electron chi connectivity index (χ2n) is 10.3. The van der Waals surface area contributed by atoms with E-state index >= 15 is 0 Å². The lowest BCUT2D eigenvalue weighted by Gasteiger charge is -2.39. The zero-order valence-electron chi connectivity index (χ0n) is 21.5. The van der Waals surface area contributed by atoms with E-state index in [2.05, 4.69) is 33.9 Å². The molecule has 0 aromatic heterocycles. The predicted molar refractivity (Wildman–Crippen MR) is 127 cm³/mol. The van der Waals surface area contributed by atoms with Gasteiger partial charge in [0.2, 0.25) is 0 Å². The number of esters is 2. The van der Waals surface area contributed by atoms with Crippen LogP contribution < -0.4 is 0 Å². The van der Waals surface area contributed by atoms with Crippen molar-refractivity contribution in [3.8, 4) is 0 Å². The van der Waals surface area contributed by atoms with Crippen LogP contribution >= 0.6 is 0 Å². The van der Waals surface area contributed by atoms with Crippen molar-refractivity contribution in [2.45, 2.75) is 89.3 Å². The van der Waals surface area contributed by atoms with Crippen LogP contribution in [-0.4, -0.2) is 51.9 Å². The van der Waals surface area contributed by atoms with Crippen LogP contribution in [0.25, 0.3) is 0 Å². The van der Waals surface area contributed by atoms with E-state index in [1.54, 1.807) is 0 Å². The molecule has 1 aliphatic heterocycles. The van der Waals surface area contributed by atoms with Gasteiger partial charge in [-0.3, -0.25) is 0 Å². The van der Waals surface area contributed by atoms with Crippen molar-refractivity contribution in [3.05, 3.63) is 47.5 Å². The number of carbonyl (C=O) groups is 2. The monoisotopic (exact) mass is 516 g/mol. The summed E-state index contributed by atoms with van der Waals surface area (Å²) < 4.78 is 64.2. The largest absolute Gasteiger partial charge is 0.455 e. The summed E-state index contributed by atoms with van der Waals surface area (Å²) in [7, 11) is -1.33. The summed E-state index contributed by atoms with van der Waals surface area (Å²) in [5, 5.41) is -0.0478. The molecule has 1 aliphatic rings. The van der Waals surface area contributed by atoms with Crippen molar-refractivity contribution in [2.24, 2.45) is 0 Å². The average Bonchev–Trinajstić information content (AvgIpc) is 2.71. The van der Waals surface area contributed by atoms with Crippen LogP contribution in [0.3, 0.4) is 0 Å². The topological polar surface area (TPSA) is 71.1 Å². The Morgan fingerprint density at radius 3 is 2.20 bits per heavy atom. The van der Waals surface area contributed by atoms with E-state index in [0.29, 0.717) is 0 Å². The molecule has 4 atom stereocenters. The fraction of sp³-hybridized carbons (Fsp3) is 0.600. The Hall–Kier alpha value is -2.17. The standard InChI is InChI=1S/C25H35F3O6Si/c1-16(34-35(7,8)23(3,4)5)14-18-15-20(17(2)32-21(18)29)33-22(30)24(31-6,25(26,27)28)19-12-10-9-11-13-19/h9-13,15-17,20H,14H2,1-8H3/t16-,17+,20-,24-/m0/s1. The SMILES string of the molecule is CO[C@](C(=O)O[C@H]1C=C(C[C@H](C)O[Si](C)(C)C(C)(C)C)C(=O)O[C@@H]1C)(c1ccccc1)C(F)(F)F. The number of ether oxygens (including phenoxy) is 3. The van der Waals surface area contributed by atoms with Crippen molar-refractivity contribution >= 4 is 20.3 Å². The first kappa shape index (κ1) is 29.1. The van der Waals surface area contributed by atoms with Crippen LogP contribution in [0.15, 0.2) is 42.0 Å². The average molecular weight is 517 g/mol. The molecule has 0 bridgehead atoms. The van der Waals surface area contributed by atoms with Crippen molar-refractivity contribution in [1.82, 2.24) is 0 Å². The number of halogens is 3. The van der Waals surface area contributed by atoms with Gasteiger partial charge >= 0.3 is 18.1 Å². The van der Waals surface area contributed by atoms with Gasteiger partial charge in [-0.25, -0.2) is 9.59 Å². The Morgan fingerprint density at radius 2 is 1.71 bits per heavy atom. The third-order valence-corrected chi connectivity index (χ3v) is 11.2. The maximum absolute atomic E-state index is 14.2. The molecule has 0 aliphatic carbocycles. The lowest BCUT2D eigenvalue weighted by Crippen LogP contribution is -2.53. The van der Waals surface area contributed by atoms with Gasteiger partial charge in [0.1, 0.15) is 6.10 Å². The highest BCUT2D eigenvalue weighted by Crippen LogP contribution is 2.43. The van der Waals surface area contributed by atoms with Gasteiger partial charge in [0.05, 0.1) is 0 Å². The minimum absolute atomic E-state index is 0.0478. The highest BCUT2D eigenvalue weighted by molar-refractivity contribution is 6.74. The fourth-order valence-corrected chi connectivity index (χ4v) is 5.06. The van der Waals surface area contributed by atoms with E-state index in [4.69, 9.17) is 18.6 Å². The third-order valence-electron chi connectivity index (χ3n) is 6.61. The molecule has 35 heavy (non-hydrogen) atoms. The maximum atomic E-state index is 14.2. The zero-order chi connectivity index (χ0) is 26.8.